The van der Waals surface area contributed by atoms with Crippen LogP contribution in [0.25, 0.3) is 12.3 Å². The smallest absolute Gasteiger partial charge is 0.693 e. The van der Waals surface area contributed by atoms with Crippen molar-refractivity contribution in [3.8, 4) is 0 Å². The molecule has 1 radical (unpaired) electrons. The first kappa shape index (κ1) is 38.5. The second-order valence-corrected chi connectivity index (χ2v) is 0.0745. The van der Waals surface area contributed by atoms with Gasteiger partial charge in [0.25, 0.3) is 0 Å². The van der Waals surface area contributed by atoms with Crippen molar-refractivity contribution >= 4 is 0 Å². The largest absolute Gasteiger partial charge is 2.00 e. The van der Waals surface area contributed by atoms with E-state index in [-0.39, 0.29) is 31.8 Å². The molecule has 41 valence electrons. The van der Waals surface area contributed by atoms with E-state index in [9.17, 15) is 0 Å². The van der Waals surface area contributed by atoms with Crippen LogP contribution in [0.3, 0.4) is 0 Å². The zero-order valence-corrected chi connectivity index (χ0v) is 4.39. The zero-order chi connectivity index (χ0) is 2.71. The van der Waals surface area contributed by atoms with E-state index in [1.165, 1.54) is 0 Å². The Morgan fingerprint density at radius 3 is 1.33 bits per heavy atom. The molecule has 0 aliphatic heterocycles. The Balaban J connectivity index is -0.00000000667. The topological polar surface area (TPSA) is 119 Å². The van der Waals surface area contributed by atoms with Crippen LogP contribution in [-0.4, -0.2) is 0 Å². The number of rotatable bonds is 0. The molecule has 0 rings (SSSR count). The SMILES string of the molecule is O=N[O-].[NH2-].[NH2-].[Rh+2]. The first-order valence-electron chi connectivity index (χ1n) is 0.365. The van der Waals surface area contributed by atoms with Gasteiger partial charge in [0.15, 0.2) is 0 Å². The summed E-state index contributed by atoms with van der Waals surface area (Å²) in [5.74, 6) is 0. The maximum absolute atomic E-state index is 8.00. The number of nitrogens with two attached hydrogens (primary N) is 2. The molecule has 0 heterocycles. The van der Waals surface area contributed by atoms with Crippen molar-refractivity contribution in [2.24, 2.45) is 5.34 Å². The molecule has 0 saturated heterocycles. The van der Waals surface area contributed by atoms with Crippen LogP contribution in [0.4, 0.5) is 0 Å². The van der Waals surface area contributed by atoms with Gasteiger partial charge in [-0.3, -0.25) is 0 Å². The summed E-state index contributed by atoms with van der Waals surface area (Å²) in [6.45, 7) is 0. The second-order valence-electron chi connectivity index (χ2n) is 0.0745. The molecule has 0 atom stereocenters. The van der Waals surface area contributed by atoms with E-state index in [1.807, 2.05) is 0 Å². The number of hydrogen-bond acceptors (Lipinski definition) is 3. The molecule has 0 unspecified atom stereocenters. The van der Waals surface area contributed by atoms with Crippen LogP contribution in [0.5, 0.6) is 0 Å². The van der Waals surface area contributed by atoms with Gasteiger partial charge in [0, 0.05) is 0 Å². The molecular weight excluding hydrogens is 177 g/mol. The van der Waals surface area contributed by atoms with Gasteiger partial charge in [-0.05, 0) is 0 Å². The Labute approximate surface area is 48.0 Å². The number of hydrogen-bond donors (Lipinski definition) is 0. The fourth-order valence-electron chi connectivity index (χ4n) is 0. The fraction of sp³-hybridized carbons (Fsp3) is 0. The number of nitrogens with zero attached hydrogens (tertiary/aromatic N) is 1. The van der Waals surface area contributed by atoms with Crippen LogP contribution >= 0.6 is 0 Å². The molecule has 0 aromatic rings. The van der Waals surface area contributed by atoms with Crippen molar-refractivity contribution in [3.63, 3.8) is 0 Å². The summed E-state index contributed by atoms with van der Waals surface area (Å²) in [6, 6.07) is 0. The predicted molar refractivity (Wildman–Crippen MR) is 19.7 cm³/mol. The van der Waals surface area contributed by atoms with Crippen molar-refractivity contribution in [3.05, 3.63) is 22.4 Å². The summed E-state index contributed by atoms with van der Waals surface area (Å²) < 4.78 is 0. The predicted octanol–water partition coefficient (Wildman–Crippen LogP) is 1.68. The first-order chi connectivity index (χ1) is 1.41. The van der Waals surface area contributed by atoms with Crippen molar-refractivity contribution in [2.75, 3.05) is 0 Å². The molecule has 0 spiro atoms. The average Bonchev–Trinajstić information content (AvgIpc) is 0.918. The quantitative estimate of drug-likeness (QED) is 0.320. The second kappa shape index (κ2) is 86.4. The Bertz CT molecular complexity index is 16.3. The van der Waals surface area contributed by atoms with Gasteiger partial charge in [0.2, 0.25) is 0 Å². The van der Waals surface area contributed by atoms with Gasteiger partial charge in [-0.2, -0.15) is 0 Å². The monoisotopic (exact) mass is 181 g/mol. The molecule has 0 saturated carbocycles. The zero-order valence-electron chi connectivity index (χ0n) is 2.75. The fourth-order valence-corrected chi connectivity index (χ4v) is 0. The average molecular weight is 181 g/mol. The van der Waals surface area contributed by atoms with Gasteiger partial charge in [-0.25, -0.2) is 0 Å². The third-order valence-electron chi connectivity index (χ3n) is 0. The summed E-state index contributed by atoms with van der Waals surface area (Å²) in [5.41, 5.74) is 0. The van der Waals surface area contributed by atoms with Gasteiger partial charge in [-0.1, -0.05) is 0 Å². The first-order valence-corrected chi connectivity index (χ1v) is 0.365. The van der Waals surface area contributed by atoms with Crippen molar-refractivity contribution in [1.29, 1.82) is 0 Å². The van der Waals surface area contributed by atoms with Crippen LogP contribution < -0.4 is 0 Å². The summed E-state index contributed by atoms with van der Waals surface area (Å²) in [5, 5.41) is 9.00. The maximum Gasteiger partial charge on any atom is 2.00 e. The molecule has 0 aromatic heterocycles. The summed E-state index contributed by atoms with van der Waals surface area (Å²) in [6.07, 6.45) is 0. The molecule has 0 fully saturated rings. The van der Waals surface area contributed by atoms with E-state index in [0.29, 0.717) is 0 Å². The minimum atomic E-state index is 0. The van der Waals surface area contributed by atoms with Crippen LogP contribution in [0.15, 0.2) is 5.34 Å². The molecule has 6 heteroatoms. The Kier molecular flexibility index (Phi) is 554. The summed E-state index contributed by atoms with van der Waals surface area (Å²) in [4.78, 5) is 8.00. The molecule has 0 amide bonds. The van der Waals surface area contributed by atoms with E-state index < -0.39 is 0 Å². The molecule has 4 N–H and O–H groups in total. The van der Waals surface area contributed by atoms with Gasteiger partial charge in [0.1, 0.15) is 0 Å². The van der Waals surface area contributed by atoms with Gasteiger partial charge in [-0.15, -0.1) is 5.34 Å². The molecule has 6 heavy (non-hydrogen) atoms. The molecule has 0 aromatic carbocycles. The molecule has 5 nitrogen and oxygen atoms in total. The van der Waals surface area contributed by atoms with E-state index in [4.69, 9.17) is 10.1 Å². The normalized spacial score (nSPS) is 2.00. The van der Waals surface area contributed by atoms with Crippen LogP contribution in [-0.2, 0) is 19.5 Å². The molecule has 0 bridgehead atoms. The van der Waals surface area contributed by atoms with Crippen LogP contribution in [0.2, 0.25) is 0 Å². The summed E-state index contributed by atoms with van der Waals surface area (Å²) in [7, 11) is 0. The van der Waals surface area contributed by atoms with E-state index in [1.54, 1.807) is 0 Å². The van der Waals surface area contributed by atoms with Gasteiger partial charge < -0.3 is 22.4 Å². The van der Waals surface area contributed by atoms with Crippen molar-refractivity contribution in [1.82, 2.24) is 0 Å². The third-order valence-corrected chi connectivity index (χ3v) is 0. The standard InChI is InChI=1S/HNO2.2H2N.Rh/c2-1-3;;;/h(H,2,3);2*1H2;/q;2*-1;+2/p-1. The summed E-state index contributed by atoms with van der Waals surface area (Å²) >= 11 is 0. The van der Waals surface area contributed by atoms with E-state index in [0.717, 1.165) is 5.34 Å². The van der Waals surface area contributed by atoms with Gasteiger partial charge >= 0.3 is 19.5 Å². The minimum absolute atomic E-state index is 0. The van der Waals surface area contributed by atoms with E-state index >= 15 is 0 Å². The van der Waals surface area contributed by atoms with Crippen molar-refractivity contribution < 1.29 is 19.5 Å². The Morgan fingerprint density at radius 1 is 1.33 bits per heavy atom. The minimum Gasteiger partial charge on any atom is -0.693 e. The van der Waals surface area contributed by atoms with Gasteiger partial charge in [0.05, 0.1) is 0 Å². The third kappa shape index (κ3) is 10700. The molecular formula is H4N3O2Rh-. The van der Waals surface area contributed by atoms with Crippen molar-refractivity contribution in [2.45, 2.75) is 0 Å². The molecule has 0 aliphatic rings. The van der Waals surface area contributed by atoms with Crippen LogP contribution in [0, 0.1) is 10.1 Å². The maximum atomic E-state index is 8.00. The molecule has 0 aliphatic carbocycles. The Morgan fingerprint density at radius 2 is 1.33 bits per heavy atom. The Hall–Kier alpha value is -0.0566. The van der Waals surface area contributed by atoms with E-state index in [2.05, 4.69) is 0 Å². The van der Waals surface area contributed by atoms with Crippen LogP contribution in [0.1, 0.15) is 0 Å².